The first-order valence-electron chi connectivity index (χ1n) is 6.72. The molecular formula is C13H22N2O2S2. The summed E-state index contributed by atoms with van der Waals surface area (Å²) in [6.45, 7) is 5.51. The number of nitrogens with one attached hydrogen (secondary N) is 1. The molecule has 1 aliphatic heterocycles. The van der Waals surface area contributed by atoms with Crippen LogP contribution in [0.15, 0.2) is 0 Å². The molecule has 2 heterocycles. The molecule has 0 bridgehead atoms. The molecule has 0 aliphatic carbocycles. The van der Waals surface area contributed by atoms with E-state index in [1.54, 1.807) is 18.4 Å². The predicted octanol–water partition coefficient (Wildman–Crippen LogP) is 2.59. The molecule has 0 spiro atoms. The fourth-order valence-corrected chi connectivity index (χ4v) is 3.98. The summed E-state index contributed by atoms with van der Waals surface area (Å²) in [6.07, 6.45) is 1.31. The Kier molecular flexibility index (Phi) is 6.59. The van der Waals surface area contributed by atoms with E-state index in [0.717, 1.165) is 48.3 Å². The number of rotatable bonds is 7. The molecule has 1 unspecified atom stereocenters. The summed E-state index contributed by atoms with van der Waals surface area (Å²) in [5.74, 6) is 2.11. The lowest BCUT2D eigenvalue weighted by molar-refractivity contribution is 0.0751. The highest BCUT2D eigenvalue weighted by Crippen LogP contribution is 2.31. The van der Waals surface area contributed by atoms with Gasteiger partial charge < -0.3 is 14.8 Å². The zero-order chi connectivity index (χ0) is 13.5. The molecule has 1 aliphatic rings. The van der Waals surface area contributed by atoms with Crippen molar-refractivity contribution < 1.29 is 9.47 Å². The Morgan fingerprint density at radius 2 is 2.42 bits per heavy atom. The first kappa shape index (κ1) is 15.3. The number of ether oxygens (including phenoxy) is 2. The van der Waals surface area contributed by atoms with Crippen molar-refractivity contribution in [1.82, 2.24) is 10.3 Å². The number of methoxy groups -OCH3 is 1. The normalized spacial score (nSPS) is 19.8. The van der Waals surface area contributed by atoms with Crippen molar-refractivity contribution in [3.8, 4) is 0 Å². The predicted molar refractivity (Wildman–Crippen MR) is 80.8 cm³/mol. The summed E-state index contributed by atoms with van der Waals surface area (Å²) >= 11 is 3.71. The van der Waals surface area contributed by atoms with E-state index in [1.807, 2.05) is 11.8 Å². The molecule has 0 amide bonds. The highest BCUT2D eigenvalue weighted by molar-refractivity contribution is 7.99. The molecule has 0 radical (unpaired) electrons. The van der Waals surface area contributed by atoms with Crippen molar-refractivity contribution in [2.45, 2.75) is 32.6 Å². The Balaban J connectivity index is 2.04. The number of nitrogens with zero attached hydrogens (tertiary/aromatic N) is 1. The van der Waals surface area contributed by atoms with E-state index < -0.39 is 0 Å². The Labute approximate surface area is 123 Å². The van der Waals surface area contributed by atoms with Crippen LogP contribution in [0.4, 0.5) is 0 Å². The van der Waals surface area contributed by atoms with E-state index in [4.69, 9.17) is 14.5 Å². The lowest BCUT2D eigenvalue weighted by atomic mass is 10.3. The molecule has 1 aromatic heterocycles. The average molecular weight is 302 g/mol. The topological polar surface area (TPSA) is 43.4 Å². The van der Waals surface area contributed by atoms with E-state index >= 15 is 0 Å². The van der Waals surface area contributed by atoms with Crippen LogP contribution in [-0.2, 0) is 22.6 Å². The van der Waals surface area contributed by atoms with Gasteiger partial charge in [-0.1, -0.05) is 6.92 Å². The van der Waals surface area contributed by atoms with Gasteiger partial charge in [0, 0.05) is 30.0 Å². The van der Waals surface area contributed by atoms with E-state index in [2.05, 4.69) is 12.2 Å². The fourth-order valence-electron chi connectivity index (χ4n) is 1.94. The smallest absolute Gasteiger partial charge is 0.123 e. The standard InChI is InChI=1S/C13H22N2O2S2/c1-3-4-14-7-12-10(8-16-2)15-13(19-12)11-9-18-6-5-17-11/h11,14H,3-9H2,1-2H3. The largest absolute Gasteiger partial charge is 0.378 e. The number of thiazole rings is 1. The molecule has 0 aromatic carbocycles. The molecular weight excluding hydrogens is 280 g/mol. The summed E-state index contributed by atoms with van der Waals surface area (Å²) in [6, 6.07) is 0. The van der Waals surface area contributed by atoms with Crippen LogP contribution in [0.3, 0.4) is 0 Å². The Morgan fingerprint density at radius 1 is 1.53 bits per heavy atom. The SMILES string of the molecule is CCCNCc1sc(C2CSCCO2)nc1COC. The molecule has 108 valence electrons. The third kappa shape index (κ3) is 4.43. The van der Waals surface area contributed by atoms with Gasteiger partial charge in [0.2, 0.25) is 0 Å². The van der Waals surface area contributed by atoms with Crippen molar-refractivity contribution in [2.24, 2.45) is 0 Å². The summed E-state index contributed by atoms with van der Waals surface area (Å²) in [7, 11) is 1.72. The second-order valence-corrected chi connectivity index (χ2v) is 6.73. The van der Waals surface area contributed by atoms with Crippen molar-refractivity contribution >= 4 is 23.1 Å². The third-order valence-corrected chi connectivity index (χ3v) is 5.06. The van der Waals surface area contributed by atoms with Crippen LogP contribution in [0.5, 0.6) is 0 Å². The number of hydrogen-bond acceptors (Lipinski definition) is 6. The van der Waals surface area contributed by atoms with Gasteiger partial charge in [-0.3, -0.25) is 0 Å². The van der Waals surface area contributed by atoms with Gasteiger partial charge in [0.1, 0.15) is 11.1 Å². The Bertz CT molecular complexity index is 379. The Hall–Kier alpha value is -0.140. The van der Waals surface area contributed by atoms with Crippen LogP contribution in [0.2, 0.25) is 0 Å². The van der Waals surface area contributed by atoms with Gasteiger partial charge in [0.15, 0.2) is 0 Å². The number of aromatic nitrogens is 1. The maximum absolute atomic E-state index is 5.80. The summed E-state index contributed by atoms with van der Waals surface area (Å²) in [5, 5.41) is 4.54. The maximum Gasteiger partial charge on any atom is 0.123 e. The molecule has 0 saturated carbocycles. The van der Waals surface area contributed by atoms with Gasteiger partial charge in [-0.25, -0.2) is 4.98 Å². The Morgan fingerprint density at radius 3 is 3.11 bits per heavy atom. The minimum Gasteiger partial charge on any atom is -0.378 e. The van der Waals surface area contributed by atoms with Crippen LogP contribution in [0.1, 0.15) is 35.0 Å². The molecule has 4 nitrogen and oxygen atoms in total. The third-order valence-electron chi connectivity index (χ3n) is 2.88. The molecule has 1 fully saturated rings. The zero-order valence-corrected chi connectivity index (χ0v) is 13.2. The van der Waals surface area contributed by atoms with Crippen molar-refractivity contribution in [2.75, 3.05) is 31.8 Å². The second kappa shape index (κ2) is 8.21. The minimum absolute atomic E-state index is 0.166. The molecule has 1 saturated heterocycles. The van der Waals surface area contributed by atoms with Crippen molar-refractivity contribution in [3.05, 3.63) is 15.6 Å². The van der Waals surface area contributed by atoms with Crippen LogP contribution in [0, 0.1) is 0 Å². The van der Waals surface area contributed by atoms with Gasteiger partial charge in [-0.15, -0.1) is 11.3 Å². The fraction of sp³-hybridized carbons (Fsp3) is 0.769. The zero-order valence-electron chi connectivity index (χ0n) is 11.6. The van der Waals surface area contributed by atoms with Crippen LogP contribution >= 0.6 is 23.1 Å². The van der Waals surface area contributed by atoms with Crippen molar-refractivity contribution in [1.29, 1.82) is 0 Å². The van der Waals surface area contributed by atoms with E-state index in [1.165, 1.54) is 4.88 Å². The molecule has 19 heavy (non-hydrogen) atoms. The van der Waals surface area contributed by atoms with Crippen LogP contribution in [0.25, 0.3) is 0 Å². The van der Waals surface area contributed by atoms with Gasteiger partial charge >= 0.3 is 0 Å². The maximum atomic E-state index is 5.80. The van der Waals surface area contributed by atoms with Gasteiger partial charge in [0.25, 0.3) is 0 Å². The highest BCUT2D eigenvalue weighted by Gasteiger charge is 2.22. The molecule has 1 N–H and O–H groups in total. The average Bonchev–Trinajstić information content (AvgIpc) is 2.84. The lowest BCUT2D eigenvalue weighted by Gasteiger charge is -2.19. The van der Waals surface area contributed by atoms with Crippen LogP contribution in [-0.4, -0.2) is 36.8 Å². The van der Waals surface area contributed by atoms with Gasteiger partial charge in [0.05, 0.1) is 18.9 Å². The summed E-state index contributed by atoms with van der Waals surface area (Å²) in [4.78, 5) is 6.00. The van der Waals surface area contributed by atoms with Crippen molar-refractivity contribution in [3.63, 3.8) is 0 Å². The number of thioether (sulfide) groups is 1. The van der Waals surface area contributed by atoms with E-state index in [0.29, 0.717) is 6.61 Å². The molecule has 2 rings (SSSR count). The highest BCUT2D eigenvalue weighted by atomic mass is 32.2. The first-order valence-corrected chi connectivity index (χ1v) is 8.69. The first-order chi connectivity index (χ1) is 9.35. The minimum atomic E-state index is 0.166. The second-order valence-electron chi connectivity index (χ2n) is 4.47. The van der Waals surface area contributed by atoms with E-state index in [9.17, 15) is 0 Å². The van der Waals surface area contributed by atoms with Gasteiger partial charge in [-0.2, -0.15) is 11.8 Å². The summed E-state index contributed by atoms with van der Waals surface area (Å²) < 4.78 is 11.0. The summed E-state index contributed by atoms with van der Waals surface area (Å²) in [5.41, 5.74) is 1.06. The number of hydrogen-bond donors (Lipinski definition) is 1. The lowest BCUT2D eigenvalue weighted by Crippen LogP contribution is -2.15. The quantitative estimate of drug-likeness (QED) is 0.784. The molecule has 6 heteroatoms. The monoisotopic (exact) mass is 302 g/mol. The van der Waals surface area contributed by atoms with E-state index in [-0.39, 0.29) is 6.10 Å². The molecule has 1 atom stereocenters. The molecule has 1 aromatic rings. The van der Waals surface area contributed by atoms with Gasteiger partial charge in [-0.05, 0) is 13.0 Å². The van der Waals surface area contributed by atoms with Crippen LogP contribution < -0.4 is 5.32 Å².